The van der Waals surface area contributed by atoms with Gasteiger partial charge in [-0.05, 0) is 22.9 Å². The van der Waals surface area contributed by atoms with Gasteiger partial charge >= 0.3 is 5.97 Å². The SMILES string of the molecule is NN.O=C(O)c1ccc2ccccc2c1. The van der Waals surface area contributed by atoms with Crippen LogP contribution in [0.5, 0.6) is 0 Å². The van der Waals surface area contributed by atoms with E-state index in [-0.39, 0.29) is 0 Å². The zero-order chi connectivity index (χ0) is 11.3. The zero-order valence-electron chi connectivity index (χ0n) is 8.05. The standard InChI is InChI=1S/C11H8O2.H4N2/c12-11(13)10-6-5-8-3-1-2-4-9(8)7-10;1-2/h1-7H,(H,12,13);1-2H2. The van der Waals surface area contributed by atoms with Crippen molar-refractivity contribution < 1.29 is 9.90 Å². The minimum absolute atomic E-state index is 0.332. The molecule has 0 bridgehead atoms. The highest BCUT2D eigenvalue weighted by Gasteiger charge is 2.01. The van der Waals surface area contributed by atoms with E-state index >= 15 is 0 Å². The fraction of sp³-hybridized carbons (Fsp3) is 0. The van der Waals surface area contributed by atoms with Crippen LogP contribution in [0.25, 0.3) is 10.8 Å². The van der Waals surface area contributed by atoms with E-state index in [0.29, 0.717) is 5.56 Å². The molecule has 0 unspecified atom stereocenters. The first-order valence-electron chi connectivity index (χ1n) is 4.33. The van der Waals surface area contributed by atoms with E-state index in [1.54, 1.807) is 12.1 Å². The smallest absolute Gasteiger partial charge is 0.335 e. The van der Waals surface area contributed by atoms with E-state index in [1.807, 2.05) is 30.3 Å². The van der Waals surface area contributed by atoms with Crippen LogP contribution in [0.4, 0.5) is 0 Å². The molecule has 78 valence electrons. The largest absolute Gasteiger partial charge is 0.478 e. The van der Waals surface area contributed by atoms with Crippen LogP contribution in [0.2, 0.25) is 0 Å². The Kier molecular flexibility index (Phi) is 3.79. The highest BCUT2D eigenvalue weighted by molar-refractivity contribution is 5.94. The monoisotopic (exact) mass is 204 g/mol. The third kappa shape index (κ3) is 2.52. The first-order chi connectivity index (χ1) is 7.27. The van der Waals surface area contributed by atoms with E-state index < -0.39 is 5.97 Å². The minimum atomic E-state index is -0.884. The molecule has 0 fully saturated rings. The molecule has 0 heterocycles. The molecule has 0 radical (unpaired) electrons. The fourth-order valence-corrected chi connectivity index (χ4v) is 1.32. The third-order valence-corrected chi connectivity index (χ3v) is 2.00. The molecule has 0 aliphatic rings. The summed E-state index contributed by atoms with van der Waals surface area (Å²) in [6.45, 7) is 0. The molecule has 4 nitrogen and oxygen atoms in total. The zero-order valence-corrected chi connectivity index (χ0v) is 8.05. The first kappa shape index (κ1) is 11.2. The van der Waals surface area contributed by atoms with Gasteiger partial charge in [0.15, 0.2) is 0 Å². The van der Waals surface area contributed by atoms with E-state index in [0.717, 1.165) is 10.8 Å². The summed E-state index contributed by atoms with van der Waals surface area (Å²) in [7, 11) is 0. The van der Waals surface area contributed by atoms with E-state index in [4.69, 9.17) is 5.11 Å². The number of rotatable bonds is 1. The molecule has 0 saturated carbocycles. The number of nitrogens with two attached hydrogens (primary N) is 2. The number of fused-ring (bicyclic) bond motifs is 1. The highest BCUT2D eigenvalue weighted by atomic mass is 16.4. The molecule has 0 atom stereocenters. The summed E-state index contributed by atoms with van der Waals surface area (Å²) in [5, 5.41) is 10.8. The molecule has 0 aliphatic carbocycles. The summed E-state index contributed by atoms with van der Waals surface area (Å²) in [6.07, 6.45) is 0. The van der Waals surface area contributed by atoms with Gasteiger partial charge in [0, 0.05) is 0 Å². The second-order valence-electron chi connectivity index (χ2n) is 2.87. The first-order valence-corrected chi connectivity index (χ1v) is 4.33. The molecule has 0 aromatic heterocycles. The number of hydrogen-bond donors (Lipinski definition) is 3. The molecule has 5 N–H and O–H groups in total. The normalized spacial score (nSPS) is 9.20. The summed E-state index contributed by atoms with van der Waals surface area (Å²) in [4.78, 5) is 10.6. The molecule has 2 aromatic carbocycles. The van der Waals surface area contributed by atoms with Crippen molar-refractivity contribution in [3.8, 4) is 0 Å². The Morgan fingerprint density at radius 1 is 1.00 bits per heavy atom. The Labute approximate surface area is 87.1 Å². The lowest BCUT2D eigenvalue weighted by molar-refractivity contribution is 0.0697. The second kappa shape index (κ2) is 5.09. The van der Waals surface area contributed by atoms with Gasteiger partial charge in [-0.3, -0.25) is 11.7 Å². The van der Waals surface area contributed by atoms with Crippen LogP contribution in [0.3, 0.4) is 0 Å². The highest BCUT2D eigenvalue weighted by Crippen LogP contribution is 2.15. The van der Waals surface area contributed by atoms with Gasteiger partial charge in [0.1, 0.15) is 0 Å². The number of carbonyl (C=O) groups is 1. The van der Waals surface area contributed by atoms with Gasteiger partial charge in [0.05, 0.1) is 5.56 Å². The lowest BCUT2D eigenvalue weighted by Crippen LogP contribution is -2.02. The van der Waals surface area contributed by atoms with Crippen LogP contribution < -0.4 is 11.7 Å². The lowest BCUT2D eigenvalue weighted by Gasteiger charge is -1.98. The fourth-order valence-electron chi connectivity index (χ4n) is 1.32. The Morgan fingerprint density at radius 3 is 2.20 bits per heavy atom. The van der Waals surface area contributed by atoms with Crippen molar-refractivity contribution in [3.05, 3.63) is 48.0 Å². The summed E-state index contributed by atoms with van der Waals surface area (Å²) in [5.74, 6) is 7.12. The maximum absolute atomic E-state index is 10.6. The van der Waals surface area contributed by atoms with Crippen molar-refractivity contribution in [2.45, 2.75) is 0 Å². The number of benzene rings is 2. The van der Waals surface area contributed by atoms with Gasteiger partial charge in [0.25, 0.3) is 0 Å². The second-order valence-corrected chi connectivity index (χ2v) is 2.87. The van der Waals surface area contributed by atoms with Gasteiger partial charge in [-0.2, -0.15) is 0 Å². The van der Waals surface area contributed by atoms with Crippen molar-refractivity contribution in [2.75, 3.05) is 0 Å². The van der Waals surface area contributed by atoms with Crippen molar-refractivity contribution in [1.29, 1.82) is 0 Å². The van der Waals surface area contributed by atoms with Gasteiger partial charge in [-0.15, -0.1) is 0 Å². The maximum Gasteiger partial charge on any atom is 0.335 e. The van der Waals surface area contributed by atoms with Crippen LogP contribution in [0.1, 0.15) is 10.4 Å². The van der Waals surface area contributed by atoms with Crippen molar-refractivity contribution in [1.82, 2.24) is 0 Å². The average molecular weight is 204 g/mol. The summed E-state index contributed by atoms with van der Waals surface area (Å²) in [5.41, 5.74) is 0.332. The molecule has 4 heteroatoms. The quantitative estimate of drug-likeness (QED) is 0.483. The third-order valence-electron chi connectivity index (χ3n) is 2.00. The molecule has 0 amide bonds. The topological polar surface area (TPSA) is 89.3 Å². The lowest BCUT2D eigenvalue weighted by atomic mass is 10.1. The number of hydrogen-bond acceptors (Lipinski definition) is 3. The Morgan fingerprint density at radius 2 is 1.60 bits per heavy atom. The Balaban J connectivity index is 0.000000531. The van der Waals surface area contributed by atoms with Crippen LogP contribution in [-0.4, -0.2) is 11.1 Å². The van der Waals surface area contributed by atoms with Crippen LogP contribution in [-0.2, 0) is 0 Å². The summed E-state index contributed by atoms with van der Waals surface area (Å²) < 4.78 is 0. The average Bonchev–Trinajstić information content (AvgIpc) is 2.31. The number of aromatic carboxylic acids is 1. The van der Waals surface area contributed by atoms with Gasteiger partial charge in [-0.1, -0.05) is 30.3 Å². The molecule has 2 rings (SSSR count). The van der Waals surface area contributed by atoms with Crippen molar-refractivity contribution >= 4 is 16.7 Å². The van der Waals surface area contributed by atoms with E-state index in [2.05, 4.69) is 11.7 Å². The van der Waals surface area contributed by atoms with Gasteiger partial charge < -0.3 is 5.11 Å². The van der Waals surface area contributed by atoms with Crippen LogP contribution in [0, 0.1) is 0 Å². The molecule has 0 saturated heterocycles. The summed E-state index contributed by atoms with van der Waals surface area (Å²) >= 11 is 0. The Hall–Kier alpha value is -1.91. The Bertz CT molecular complexity index is 469. The molecular weight excluding hydrogens is 192 g/mol. The molecule has 15 heavy (non-hydrogen) atoms. The predicted octanol–water partition coefficient (Wildman–Crippen LogP) is 1.36. The summed E-state index contributed by atoms with van der Waals surface area (Å²) in [6, 6.07) is 12.8. The van der Waals surface area contributed by atoms with E-state index in [9.17, 15) is 4.79 Å². The number of hydrazine groups is 1. The maximum atomic E-state index is 10.6. The van der Waals surface area contributed by atoms with Crippen molar-refractivity contribution in [3.63, 3.8) is 0 Å². The molecule has 0 aliphatic heterocycles. The number of carboxylic acids is 1. The molecular formula is C11H12N2O2. The van der Waals surface area contributed by atoms with Gasteiger partial charge in [-0.25, -0.2) is 4.79 Å². The number of carboxylic acid groups (broad SMARTS) is 1. The predicted molar refractivity (Wildman–Crippen MR) is 59.3 cm³/mol. The van der Waals surface area contributed by atoms with Crippen molar-refractivity contribution in [2.24, 2.45) is 11.7 Å². The molecule has 2 aromatic rings. The van der Waals surface area contributed by atoms with E-state index in [1.165, 1.54) is 0 Å². The minimum Gasteiger partial charge on any atom is -0.478 e. The molecule has 0 spiro atoms. The van der Waals surface area contributed by atoms with Crippen LogP contribution >= 0.6 is 0 Å². The van der Waals surface area contributed by atoms with Gasteiger partial charge in [0.2, 0.25) is 0 Å². The van der Waals surface area contributed by atoms with Crippen LogP contribution in [0.15, 0.2) is 42.5 Å².